The molecule has 0 saturated heterocycles. The third kappa shape index (κ3) is 372. The van der Waals surface area contributed by atoms with E-state index >= 15 is 0 Å². The fourth-order valence-corrected chi connectivity index (χ4v) is 0. The standard InChI is InChI=1S/4CN.2K.Ni/c4*1-2;;;/q4*-1;;;. The van der Waals surface area contributed by atoms with Crippen LogP contribution in [0, 0.1) is 47.3 Å². The van der Waals surface area contributed by atoms with Gasteiger partial charge in [-0.3, -0.25) is 0 Å². The summed E-state index contributed by atoms with van der Waals surface area (Å²) in [5.41, 5.74) is 0. The molecule has 0 aliphatic rings. The quantitative estimate of drug-likeness (QED) is 0.426. The van der Waals surface area contributed by atoms with Crippen LogP contribution < -0.4 is 0 Å². The van der Waals surface area contributed by atoms with Crippen LogP contribution in [-0.4, -0.2) is 103 Å². The molecule has 0 heterocycles. The maximum Gasteiger partial charge on any atom is 0 e. The maximum absolute atomic E-state index is 6.25. The molecule has 0 N–H and O–H groups in total. The summed E-state index contributed by atoms with van der Waals surface area (Å²) in [5, 5.41) is 25.0. The van der Waals surface area contributed by atoms with E-state index < -0.39 is 0 Å². The van der Waals surface area contributed by atoms with Crippen molar-refractivity contribution in [2.75, 3.05) is 0 Å². The van der Waals surface area contributed by atoms with Crippen LogP contribution in [0.2, 0.25) is 0 Å². The Morgan fingerprint density at radius 3 is 0.455 bits per heavy atom. The van der Waals surface area contributed by atoms with E-state index in [1.807, 2.05) is 0 Å². The predicted molar refractivity (Wildman–Crippen MR) is 31.4 cm³/mol. The molecule has 0 atom stereocenters. The minimum atomic E-state index is 0. The van der Waals surface area contributed by atoms with Gasteiger partial charge >= 0.3 is 0 Å². The molecule has 0 bridgehead atoms. The van der Waals surface area contributed by atoms with Crippen molar-refractivity contribution in [2.45, 2.75) is 0 Å². The zero-order chi connectivity index (χ0) is 8.00. The SMILES string of the molecule is [C-]#N.[C-]#N.[C-]#N.[C-]#N.[K].[K].[Ni]. The number of hydrogen-bond donors (Lipinski definition) is 0. The first-order valence-electron chi connectivity index (χ1n) is 0.894. The van der Waals surface area contributed by atoms with E-state index in [9.17, 15) is 0 Å². The Morgan fingerprint density at radius 1 is 0.455 bits per heavy atom. The summed E-state index contributed by atoms with van der Waals surface area (Å²) in [7, 11) is 0. The van der Waals surface area contributed by atoms with Crippen LogP contribution in [-0.2, 0) is 16.5 Å². The summed E-state index contributed by atoms with van der Waals surface area (Å²) in [6.45, 7) is 19.0. The molecule has 7 heteroatoms. The van der Waals surface area contributed by atoms with E-state index in [0.717, 1.165) is 0 Å². The molecule has 4 nitrogen and oxygen atoms in total. The Bertz CT molecular complexity index is 63.1. The second-order valence-corrected chi connectivity index (χ2v) is 0. The summed E-state index contributed by atoms with van der Waals surface area (Å²) >= 11 is 0. The summed E-state index contributed by atoms with van der Waals surface area (Å²) in [6, 6.07) is 0. The summed E-state index contributed by atoms with van der Waals surface area (Å²) in [6.07, 6.45) is 0. The van der Waals surface area contributed by atoms with Gasteiger partial charge < -0.3 is 47.3 Å². The first-order valence-corrected chi connectivity index (χ1v) is 0.894. The maximum atomic E-state index is 6.25. The van der Waals surface area contributed by atoms with Crippen LogP contribution in [0.5, 0.6) is 0 Å². The Morgan fingerprint density at radius 2 is 0.455 bits per heavy atom. The van der Waals surface area contributed by atoms with Gasteiger partial charge in [0.05, 0.1) is 0 Å². The van der Waals surface area contributed by atoms with Crippen LogP contribution >= 0.6 is 0 Å². The molecular formula is C4K2N4Ni-4. The Hall–Kier alpha value is 1.73. The van der Waals surface area contributed by atoms with Crippen molar-refractivity contribution >= 4 is 103 Å². The van der Waals surface area contributed by atoms with Crippen LogP contribution in [0.1, 0.15) is 0 Å². The largest absolute Gasteiger partial charge is 0.512 e. The smallest absolute Gasteiger partial charge is 0 e. The minimum Gasteiger partial charge on any atom is -0.512 e. The fraction of sp³-hybridized carbons (Fsp3) is 0. The van der Waals surface area contributed by atoms with Crippen LogP contribution in [0.3, 0.4) is 0 Å². The predicted octanol–water partition coefficient (Wildman–Crippen LogP) is -0.379. The molecule has 0 aromatic carbocycles. The Balaban J connectivity index is -0.00000000356. The van der Waals surface area contributed by atoms with Gasteiger partial charge in [0.25, 0.3) is 0 Å². The first-order chi connectivity index (χ1) is 4.00. The molecule has 0 spiro atoms. The number of nitrogens with zero attached hydrogens (tertiary/aromatic N) is 4. The van der Waals surface area contributed by atoms with Gasteiger partial charge in [-0.25, -0.2) is 0 Å². The van der Waals surface area contributed by atoms with Crippen LogP contribution in [0.4, 0.5) is 0 Å². The van der Waals surface area contributed by atoms with Gasteiger partial charge in [-0.05, 0) is 0 Å². The fourth-order valence-electron chi connectivity index (χ4n) is 0. The van der Waals surface area contributed by atoms with Gasteiger partial charge in [-0.2, -0.15) is 0 Å². The Kier molecular flexibility index (Phi) is 2200. The molecule has 0 rings (SSSR count). The summed E-state index contributed by atoms with van der Waals surface area (Å²) in [5.74, 6) is 0. The normalized spacial score (nSPS) is 0.727. The van der Waals surface area contributed by atoms with Crippen molar-refractivity contribution in [3.63, 3.8) is 0 Å². The third-order valence-electron chi connectivity index (χ3n) is 0. The molecule has 0 amide bonds. The second-order valence-electron chi connectivity index (χ2n) is 0. The summed E-state index contributed by atoms with van der Waals surface area (Å²) in [4.78, 5) is 0. The van der Waals surface area contributed by atoms with Gasteiger partial charge in [0.15, 0.2) is 0 Å². The van der Waals surface area contributed by atoms with E-state index in [2.05, 4.69) is 0 Å². The van der Waals surface area contributed by atoms with E-state index in [-0.39, 0.29) is 119 Å². The molecule has 11 heavy (non-hydrogen) atoms. The first kappa shape index (κ1) is 53.4. The van der Waals surface area contributed by atoms with Crippen molar-refractivity contribution in [3.8, 4) is 0 Å². The number of rotatable bonds is 0. The average Bonchev–Trinajstić information content (AvgIpc) is 2.03. The van der Waals surface area contributed by atoms with Gasteiger partial charge in [0.1, 0.15) is 0 Å². The van der Waals surface area contributed by atoms with Gasteiger partial charge in [-0.15, -0.1) is 0 Å². The number of hydrogen-bond acceptors (Lipinski definition) is 4. The third-order valence-corrected chi connectivity index (χ3v) is 0. The molecule has 0 fully saturated rings. The van der Waals surface area contributed by atoms with Crippen LogP contribution in [0.25, 0.3) is 0 Å². The Labute approximate surface area is 162 Å². The van der Waals surface area contributed by atoms with Crippen molar-refractivity contribution in [3.05, 3.63) is 26.3 Å². The zero-order valence-electron chi connectivity index (χ0n) is 6.11. The molecule has 52 valence electrons. The van der Waals surface area contributed by atoms with E-state index in [1.54, 1.807) is 0 Å². The van der Waals surface area contributed by atoms with Crippen molar-refractivity contribution in [2.24, 2.45) is 0 Å². The average molecular weight is 241 g/mol. The van der Waals surface area contributed by atoms with Crippen molar-refractivity contribution in [1.29, 1.82) is 21.0 Å². The molecule has 0 aromatic heterocycles. The minimum absolute atomic E-state index is 0. The van der Waals surface area contributed by atoms with E-state index in [4.69, 9.17) is 47.3 Å². The monoisotopic (exact) mass is 240 g/mol. The van der Waals surface area contributed by atoms with Gasteiger partial charge in [0, 0.05) is 119 Å². The van der Waals surface area contributed by atoms with E-state index in [1.165, 1.54) is 0 Å². The molecule has 0 aromatic rings. The van der Waals surface area contributed by atoms with Gasteiger partial charge in [0.2, 0.25) is 0 Å². The molecule has 0 aliphatic carbocycles. The van der Waals surface area contributed by atoms with Crippen LogP contribution in [0.15, 0.2) is 0 Å². The van der Waals surface area contributed by atoms with Crippen molar-refractivity contribution < 1.29 is 16.5 Å². The second kappa shape index (κ2) is 453. The topological polar surface area (TPSA) is 95.2 Å². The van der Waals surface area contributed by atoms with Crippen molar-refractivity contribution in [1.82, 2.24) is 0 Å². The molecular weight excluding hydrogens is 241 g/mol. The molecule has 0 unspecified atom stereocenters. The molecule has 0 aliphatic heterocycles. The molecule has 2 radical (unpaired) electrons. The van der Waals surface area contributed by atoms with E-state index in [0.29, 0.717) is 0 Å². The molecule has 0 saturated carbocycles. The summed E-state index contributed by atoms with van der Waals surface area (Å²) < 4.78 is 0. The zero-order valence-corrected chi connectivity index (χ0v) is 13.3. The van der Waals surface area contributed by atoms with Gasteiger partial charge in [-0.1, -0.05) is 0 Å².